The Morgan fingerprint density at radius 3 is 2.24 bits per heavy atom. The molecule has 0 aromatic rings. The highest BCUT2D eigenvalue weighted by atomic mass is 16.5. The Bertz CT molecular complexity index is 212. The van der Waals surface area contributed by atoms with Crippen molar-refractivity contribution in [1.82, 2.24) is 0 Å². The number of ether oxygens (including phenoxy) is 1. The number of ketones is 1. The molecule has 0 aliphatic carbocycles. The van der Waals surface area contributed by atoms with Crippen molar-refractivity contribution < 1.29 is 14.3 Å². The predicted octanol–water partition coefficient (Wildman–Crippen LogP) is 3.65. The number of carbonyl (C=O) groups excluding carboxylic acids is 2. The molecule has 0 atom stereocenters. The maximum Gasteiger partial charge on any atom is 0.305 e. The standard InChI is InChI=1S/C14H26O3/c1-3-5-9-12-17-14(16)11-8-6-7-10-13(15)4-2/h3-12H2,1-2H3. The molecule has 0 fully saturated rings. The molecule has 0 amide bonds. The van der Waals surface area contributed by atoms with Crippen molar-refractivity contribution >= 4 is 11.8 Å². The van der Waals surface area contributed by atoms with Gasteiger partial charge in [-0.2, -0.15) is 0 Å². The van der Waals surface area contributed by atoms with E-state index in [0.717, 1.165) is 38.5 Å². The molecule has 0 N–H and O–H groups in total. The average Bonchev–Trinajstić information content (AvgIpc) is 2.34. The number of esters is 1. The summed E-state index contributed by atoms with van der Waals surface area (Å²) < 4.78 is 5.09. The second kappa shape index (κ2) is 11.6. The number of hydrogen-bond acceptors (Lipinski definition) is 3. The molecule has 0 radical (unpaired) electrons. The Kier molecular flexibility index (Phi) is 11.0. The predicted molar refractivity (Wildman–Crippen MR) is 68.9 cm³/mol. The van der Waals surface area contributed by atoms with Gasteiger partial charge in [0.2, 0.25) is 0 Å². The fourth-order valence-electron chi connectivity index (χ4n) is 1.56. The van der Waals surface area contributed by atoms with E-state index in [1.807, 2.05) is 6.92 Å². The van der Waals surface area contributed by atoms with Crippen LogP contribution in [0.3, 0.4) is 0 Å². The molecule has 17 heavy (non-hydrogen) atoms. The Labute approximate surface area is 105 Å². The van der Waals surface area contributed by atoms with Gasteiger partial charge in [-0.1, -0.05) is 33.1 Å². The third kappa shape index (κ3) is 11.4. The lowest BCUT2D eigenvalue weighted by Gasteiger charge is -2.04. The van der Waals surface area contributed by atoms with Crippen LogP contribution in [0.1, 0.15) is 71.6 Å². The van der Waals surface area contributed by atoms with Gasteiger partial charge in [0.25, 0.3) is 0 Å². The van der Waals surface area contributed by atoms with Gasteiger partial charge in [0.15, 0.2) is 0 Å². The molecular formula is C14H26O3. The molecule has 0 spiro atoms. The minimum absolute atomic E-state index is 0.0945. The zero-order valence-corrected chi connectivity index (χ0v) is 11.3. The summed E-state index contributed by atoms with van der Waals surface area (Å²) in [7, 11) is 0. The largest absolute Gasteiger partial charge is 0.466 e. The van der Waals surface area contributed by atoms with Gasteiger partial charge < -0.3 is 4.74 Å². The van der Waals surface area contributed by atoms with E-state index in [4.69, 9.17) is 4.74 Å². The van der Waals surface area contributed by atoms with Crippen molar-refractivity contribution in [2.75, 3.05) is 6.61 Å². The lowest BCUT2D eigenvalue weighted by Crippen LogP contribution is -2.05. The van der Waals surface area contributed by atoms with Crippen LogP contribution in [0.5, 0.6) is 0 Å². The highest BCUT2D eigenvalue weighted by Gasteiger charge is 2.03. The Morgan fingerprint density at radius 1 is 0.882 bits per heavy atom. The minimum Gasteiger partial charge on any atom is -0.466 e. The van der Waals surface area contributed by atoms with Crippen LogP contribution in [-0.2, 0) is 14.3 Å². The first-order valence-corrected chi connectivity index (χ1v) is 6.88. The van der Waals surface area contributed by atoms with Gasteiger partial charge in [-0.3, -0.25) is 9.59 Å². The molecule has 0 aromatic heterocycles. The smallest absolute Gasteiger partial charge is 0.305 e. The second-order valence-corrected chi connectivity index (χ2v) is 4.38. The van der Waals surface area contributed by atoms with E-state index in [2.05, 4.69) is 6.92 Å². The van der Waals surface area contributed by atoms with Gasteiger partial charge in [-0.15, -0.1) is 0 Å². The maximum atomic E-state index is 11.3. The zero-order chi connectivity index (χ0) is 12.9. The Hall–Kier alpha value is -0.860. The monoisotopic (exact) mass is 242 g/mol. The topological polar surface area (TPSA) is 43.4 Å². The second-order valence-electron chi connectivity index (χ2n) is 4.38. The average molecular weight is 242 g/mol. The van der Waals surface area contributed by atoms with Gasteiger partial charge in [0, 0.05) is 19.3 Å². The number of Topliss-reactive ketones (excluding diaryl/α,β-unsaturated/α-hetero) is 1. The number of carbonyl (C=O) groups is 2. The van der Waals surface area contributed by atoms with E-state index >= 15 is 0 Å². The summed E-state index contributed by atoms with van der Waals surface area (Å²) in [5.41, 5.74) is 0. The van der Waals surface area contributed by atoms with Crippen LogP contribution in [0.4, 0.5) is 0 Å². The SMILES string of the molecule is CCCCCOC(=O)CCCCCC(=O)CC. The zero-order valence-electron chi connectivity index (χ0n) is 11.3. The third-order valence-electron chi connectivity index (χ3n) is 2.74. The molecule has 0 heterocycles. The van der Waals surface area contributed by atoms with Crippen molar-refractivity contribution in [3.05, 3.63) is 0 Å². The number of rotatable bonds is 11. The van der Waals surface area contributed by atoms with Gasteiger partial charge in [0.1, 0.15) is 5.78 Å². The molecule has 0 rings (SSSR count). The number of unbranched alkanes of at least 4 members (excludes halogenated alkanes) is 4. The van der Waals surface area contributed by atoms with Crippen molar-refractivity contribution in [3.63, 3.8) is 0 Å². The van der Waals surface area contributed by atoms with Gasteiger partial charge >= 0.3 is 5.97 Å². The first kappa shape index (κ1) is 16.1. The van der Waals surface area contributed by atoms with Crippen molar-refractivity contribution in [2.45, 2.75) is 71.6 Å². The molecule has 3 nitrogen and oxygen atoms in total. The minimum atomic E-state index is -0.0945. The van der Waals surface area contributed by atoms with Crippen LogP contribution >= 0.6 is 0 Å². The van der Waals surface area contributed by atoms with Crippen LogP contribution < -0.4 is 0 Å². The molecule has 0 saturated heterocycles. The summed E-state index contributed by atoms with van der Waals surface area (Å²) in [6.45, 7) is 4.57. The summed E-state index contributed by atoms with van der Waals surface area (Å²) >= 11 is 0. The highest BCUT2D eigenvalue weighted by molar-refractivity contribution is 5.77. The first-order valence-electron chi connectivity index (χ1n) is 6.88. The van der Waals surface area contributed by atoms with E-state index in [-0.39, 0.29) is 5.97 Å². The fraction of sp³-hybridized carbons (Fsp3) is 0.857. The summed E-state index contributed by atoms with van der Waals surface area (Å²) in [5, 5.41) is 0. The van der Waals surface area contributed by atoms with Crippen molar-refractivity contribution in [1.29, 1.82) is 0 Å². The number of hydrogen-bond donors (Lipinski definition) is 0. The lowest BCUT2D eigenvalue weighted by atomic mass is 10.1. The Balaban J connectivity index is 3.24. The van der Waals surface area contributed by atoms with Crippen LogP contribution in [0.15, 0.2) is 0 Å². The summed E-state index contributed by atoms with van der Waals surface area (Å²) in [5.74, 6) is 0.218. The van der Waals surface area contributed by atoms with Crippen LogP contribution in [0.25, 0.3) is 0 Å². The molecule has 0 saturated carbocycles. The first-order chi connectivity index (χ1) is 8.20. The van der Waals surface area contributed by atoms with Crippen LogP contribution in [-0.4, -0.2) is 18.4 Å². The molecule has 100 valence electrons. The summed E-state index contributed by atoms with van der Waals surface area (Å²) in [4.78, 5) is 22.3. The van der Waals surface area contributed by atoms with Crippen molar-refractivity contribution in [3.8, 4) is 0 Å². The fourth-order valence-corrected chi connectivity index (χ4v) is 1.56. The Morgan fingerprint density at radius 2 is 1.59 bits per heavy atom. The van der Waals surface area contributed by atoms with E-state index in [1.165, 1.54) is 0 Å². The molecule has 0 aliphatic heterocycles. The van der Waals surface area contributed by atoms with Crippen molar-refractivity contribution in [2.24, 2.45) is 0 Å². The summed E-state index contributed by atoms with van der Waals surface area (Å²) in [6.07, 6.45) is 7.67. The molecule has 0 aromatic carbocycles. The van der Waals surface area contributed by atoms with Gasteiger partial charge in [-0.05, 0) is 19.3 Å². The molecule has 3 heteroatoms. The maximum absolute atomic E-state index is 11.3. The van der Waals surface area contributed by atoms with E-state index in [9.17, 15) is 9.59 Å². The third-order valence-corrected chi connectivity index (χ3v) is 2.74. The normalized spacial score (nSPS) is 10.2. The molecular weight excluding hydrogens is 216 g/mol. The lowest BCUT2D eigenvalue weighted by molar-refractivity contribution is -0.143. The van der Waals surface area contributed by atoms with E-state index in [0.29, 0.717) is 31.7 Å². The van der Waals surface area contributed by atoms with Gasteiger partial charge in [-0.25, -0.2) is 0 Å². The molecule has 0 unspecified atom stereocenters. The van der Waals surface area contributed by atoms with E-state index < -0.39 is 0 Å². The summed E-state index contributed by atoms with van der Waals surface area (Å²) in [6, 6.07) is 0. The van der Waals surface area contributed by atoms with E-state index in [1.54, 1.807) is 0 Å². The molecule has 0 bridgehead atoms. The van der Waals surface area contributed by atoms with Crippen LogP contribution in [0, 0.1) is 0 Å². The quantitative estimate of drug-likeness (QED) is 0.410. The van der Waals surface area contributed by atoms with Gasteiger partial charge in [0.05, 0.1) is 6.61 Å². The highest BCUT2D eigenvalue weighted by Crippen LogP contribution is 2.06. The molecule has 0 aliphatic rings. The van der Waals surface area contributed by atoms with Crippen LogP contribution in [0.2, 0.25) is 0 Å².